The average molecular weight is 191 g/mol. The van der Waals surface area contributed by atoms with E-state index in [4.69, 9.17) is 0 Å². The van der Waals surface area contributed by atoms with Crippen molar-refractivity contribution in [3.05, 3.63) is 28.8 Å². The van der Waals surface area contributed by atoms with E-state index in [0.29, 0.717) is 11.3 Å². The van der Waals surface area contributed by atoms with Crippen LogP contribution in [0.3, 0.4) is 0 Å². The lowest BCUT2D eigenvalue weighted by molar-refractivity contribution is -0.114. The maximum Gasteiger partial charge on any atom is 0.221 e. The first-order valence-corrected chi connectivity index (χ1v) is 4.39. The Labute approximate surface area is 83.1 Å². The second kappa shape index (κ2) is 4.05. The van der Waals surface area contributed by atoms with Crippen molar-refractivity contribution in [2.75, 3.05) is 5.32 Å². The second-order valence-electron chi connectivity index (χ2n) is 3.29. The normalized spacial score (nSPS) is 9.64. The molecular weight excluding hydrogens is 178 g/mol. The topological polar surface area (TPSA) is 46.2 Å². The van der Waals surface area contributed by atoms with Crippen LogP contribution in [-0.2, 0) is 4.79 Å². The number of aryl methyl sites for hydroxylation is 2. The van der Waals surface area contributed by atoms with Crippen LogP contribution in [0.4, 0.5) is 5.69 Å². The van der Waals surface area contributed by atoms with Gasteiger partial charge in [0.15, 0.2) is 6.29 Å². The molecule has 0 atom stereocenters. The van der Waals surface area contributed by atoms with Gasteiger partial charge in [-0.25, -0.2) is 0 Å². The fraction of sp³-hybridized carbons (Fsp3) is 0.273. The van der Waals surface area contributed by atoms with Gasteiger partial charge in [0.2, 0.25) is 5.91 Å². The zero-order valence-corrected chi connectivity index (χ0v) is 8.55. The van der Waals surface area contributed by atoms with Crippen LogP contribution in [0.15, 0.2) is 12.1 Å². The Bertz CT molecular complexity index is 383. The molecule has 14 heavy (non-hydrogen) atoms. The van der Waals surface area contributed by atoms with Crippen molar-refractivity contribution in [2.45, 2.75) is 20.8 Å². The molecule has 0 fully saturated rings. The number of carbonyl (C=O) groups is 2. The van der Waals surface area contributed by atoms with Crippen LogP contribution in [0.2, 0.25) is 0 Å². The van der Waals surface area contributed by atoms with E-state index in [2.05, 4.69) is 5.32 Å². The van der Waals surface area contributed by atoms with Crippen molar-refractivity contribution in [1.29, 1.82) is 0 Å². The Morgan fingerprint density at radius 1 is 1.29 bits per heavy atom. The van der Waals surface area contributed by atoms with Crippen LogP contribution < -0.4 is 5.32 Å². The molecule has 3 nitrogen and oxygen atoms in total. The number of benzene rings is 1. The highest BCUT2D eigenvalue weighted by Crippen LogP contribution is 2.22. The number of amides is 1. The molecule has 0 saturated heterocycles. The minimum Gasteiger partial charge on any atom is -0.325 e. The third kappa shape index (κ3) is 1.99. The molecule has 74 valence electrons. The van der Waals surface area contributed by atoms with Crippen molar-refractivity contribution >= 4 is 17.9 Å². The standard InChI is InChI=1S/C11H13NO2/c1-7-4-5-8(2)11(10(7)6-13)12-9(3)14/h4-6H,1-3H3,(H,12,14). The van der Waals surface area contributed by atoms with E-state index in [1.54, 1.807) is 0 Å². The molecular formula is C11H13NO2. The molecule has 1 N–H and O–H groups in total. The monoisotopic (exact) mass is 191 g/mol. The molecule has 1 amide bonds. The molecule has 1 rings (SSSR count). The van der Waals surface area contributed by atoms with Crippen molar-refractivity contribution < 1.29 is 9.59 Å². The summed E-state index contributed by atoms with van der Waals surface area (Å²) in [6.45, 7) is 5.13. The van der Waals surface area contributed by atoms with E-state index in [1.165, 1.54) is 6.92 Å². The summed E-state index contributed by atoms with van der Waals surface area (Å²) in [4.78, 5) is 21.7. The highest BCUT2D eigenvalue weighted by Gasteiger charge is 2.08. The maximum absolute atomic E-state index is 10.9. The van der Waals surface area contributed by atoms with Crippen molar-refractivity contribution in [3.63, 3.8) is 0 Å². The van der Waals surface area contributed by atoms with Gasteiger partial charge in [0.1, 0.15) is 0 Å². The van der Waals surface area contributed by atoms with Crippen molar-refractivity contribution in [2.24, 2.45) is 0 Å². The first kappa shape index (κ1) is 10.4. The van der Waals surface area contributed by atoms with Gasteiger partial charge < -0.3 is 5.32 Å². The van der Waals surface area contributed by atoms with Crippen LogP contribution >= 0.6 is 0 Å². The molecule has 0 saturated carbocycles. The van der Waals surface area contributed by atoms with Crippen LogP contribution in [0.5, 0.6) is 0 Å². The number of rotatable bonds is 2. The second-order valence-corrected chi connectivity index (χ2v) is 3.29. The molecule has 0 unspecified atom stereocenters. The summed E-state index contributed by atoms with van der Waals surface area (Å²) < 4.78 is 0. The Hall–Kier alpha value is -1.64. The molecule has 0 spiro atoms. The molecule has 0 aromatic heterocycles. The molecule has 0 heterocycles. The largest absolute Gasteiger partial charge is 0.325 e. The van der Waals surface area contributed by atoms with E-state index < -0.39 is 0 Å². The van der Waals surface area contributed by atoms with E-state index >= 15 is 0 Å². The molecule has 0 radical (unpaired) electrons. The molecule has 3 heteroatoms. The van der Waals surface area contributed by atoms with Gasteiger partial charge in [0.25, 0.3) is 0 Å². The van der Waals surface area contributed by atoms with E-state index in [1.807, 2.05) is 26.0 Å². The number of hydrogen-bond acceptors (Lipinski definition) is 2. The predicted octanol–water partition coefficient (Wildman–Crippen LogP) is 2.07. The average Bonchev–Trinajstić information content (AvgIpc) is 2.11. The third-order valence-electron chi connectivity index (χ3n) is 2.09. The predicted molar refractivity (Wildman–Crippen MR) is 55.6 cm³/mol. The smallest absolute Gasteiger partial charge is 0.221 e. The van der Waals surface area contributed by atoms with E-state index in [0.717, 1.165) is 17.4 Å². The van der Waals surface area contributed by atoms with Crippen molar-refractivity contribution in [1.82, 2.24) is 0 Å². The summed E-state index contributed by atoms with van der Waals surface area (Å²) in [6.07, 6.45) is 0.771. The Kier molecular flexibility index (Phi) is 3.02. The number of hydrogen-bond donors (Lipinski definition) is 1. The van der Waals surface area contributed by atoms with Crippen LogP contribution in [-0.4, -0.2) is 12.2 Å². The van der Waals surface area contributed by atoms with Gasteiger partial charge in [-0.3, -0.25) is 9.59 Å². The molecule has 0 aliphatic rings. The highest BCUT2D eigenvalue weighted by molar-refractivity contribution is 5.97. The minimum absolute atomic E-state index is 0.165. The molecule has 0 aliphatic carbocycles. The van der Waals surface area contributed by atoms with Gasteiger partial charge in [-0.15, -0.1) is 0 Å². The zero-order chi connectivity index (χ0) is 10.7. The number of aldehydes is 1. The Morgan fingerprint density at radius 2 is 1.86 bits per heavy atom. The lowest BCUT2D eigenvalue weighted by Crippen LogP contribution is -2.10. The Morgan fingerprint density at radius 3 is 2.36 bits per heavy atom. The molecule has 0 aliphatic heterocycles. The number of anilines is 1. The maximum atomic E-state index is 10.9. The highest BCUT2D eigenvalue weighted by atomic mass is 16.1. The summed E-state index contributed by atoms with van der Waals surface area (Å²) in [5.74, 6) is -0.165. The molecule has 1 aromatic carbocycles. The van der Waals surface area contributed by atoms with Crippen LogP contribution in [0, 0.1) is 13.8 Å². The summed E-state index contributed by atoms with van der Waals surface area (Å²) >= 11 is 0. The zero-order valence-electron chi connectivity index (χ0n) is 8.55. The van der Waals surface area contributed by atoms with Crippen molar-refractivity contribution in [3.8, 4) is 0 Å². The van der Waals surface area contributed by atoms with Gasteiger partial charge in [-0.05, 0) is 25.0 Å². The molecule has 0 bridgehead atoms. The SMILES string of the molecule is CC(=O)Nc1c(C)ccc(C)c1C=O. The van der Waals surface area contributed by atoms with E-state index in [9.17, 15) is 9.59 Å². The van der Waals surface area contributed by atoms with Gasteiger partial charge in [0, 0.05) is 12.5 Å². The summed E-state index contributed by atoms with van der Waals surface area (Å²) in [6, 6.07) is 3.75. The lowest BCUT2D eigenvalue weighted by atomic mass is 10.0. The third-order valence-corrected chi connectivity index (χ3v) is 2.09. The first-order chi connectivity index (χ1) is 6.56. The van der Waals surface area contributed by atoms with Gasteiger partial charge in [-0.1, -0.05) is 12.1 Å². The first-order valence-electron chi connectivity index (χ1n) is 4.39. The van der Waals surface area contributed by atoms with Crippen LogP contribution in [0.1, 0.15) is 28.4 Å². The van der Waals surface area contributed by atoms with Gasteiger partial charge >= 0.3 is 0 Å². The molecule has 1 aromatic rings. The fourth-order valence-corrected chi connectivity index (χ4v) is 1.33. The van der Waals surface area contributed by atoms with E-state index in [-0.39, 0.29) is 5.91 Å². The van der Waals surface area contributed by atoms with Crippen LogP contribution in [0.25, 0.3) is 0 Å². The van der Waals surface area contributed by atoms with Gasteiger partial charge in [0.05, 0.1) is 5.69 Å². The summed E-state index contributed by atoms with van der Waals surface area (Å²) in [7, 11) is 0. The lowest BCUT2D eigenvalue weighted by Gasteiger charge is -2.11. The minimum atomic E-state index is -0.165. The number of nitrogens with one attached hydrogen (secondary N) is 1. The summed E-state index contributed by atoms with van der Waals surface area (Å²) in [5, 5.41) is 2.66. The quantitative estimate of drug-likeness (QED) is 0.727. The summed E-state index contributed by atoms with van der Waals surface area (Å²) in [5.41, 5.74) is 2.94. The number of carbonyl (C=O) groups excluding carboxylic acids is 2. The van der Waals surface area contributed by atoms with Gasteiger partial charge in [-0.2, -0.15) is 0 Å². The fourth-order valence-electron chi connectivity index (χ4n) is 1.33. The Balaban J connectivity index is 3.29.